The summed E-state index contributed by atoms with van der Waals surface area (Å²) >= 11 is 0. The van der Waals surface area contributed by atoms with E-state index in [1.807, 2.05) is 0 Å². The third kappa shape index (κ3) is 5.45. The first-order valence-electron chi connectivity index (χ1n) is 6.47. The molecular formula is C14H23FN2O. The molecule has 4 heteroatoms. The van der Waals surface area contributed by atoms with Crippen LogP contribution in [-0.4, -0.2) is 18.1 Å². The van der Waals surface area contributed by atoms with Gasteiger partial charge in [0.25, 0.3) is 0 Å². The summed E-state index contributed by atoms with van der Waals surface area (Å²) in [7, 11) is 0. The van der Waals surface area contributed by atoms with E-state index >= 15 is 0 Å². The minimum atomic E-state index is -0.326. The molecule has 0 aromatic carbocycles. The molecule has 0 bridgehead atoms. The Labute approximate surface area is 109 Å². The summed E-state index contributed by atoms with van der Waals surface area (Å²) < 4.78 is 18.8. The molecule has 1 aromatic heterocycles. The molecule has 0 spiro atoms. The van der Waals surface area contributed by atoms with Gasteiger partial charge in [0.2, 0.25) is 5.88 Å². The molecule has 1 rings (SSSR count). The van der Waals surface area contributed by atoms with Crippen molar-refractivity contribution in [3.8, 4) is 5.88 Å². The summed E-state index contributed by atoms with van der Waals surface area (Å²) in [4.78, 5) is 4.01. The highest BCUT2D eigenvalue weighted by atomic mass is 19.1. The third-order valence-corrected chi connectivity index (χ3v) is 2.31. The molecule has 1 N–H and O–H groups in total. The van der Waals surface area contributed by atoms with Crippen LogP contribution < -0.4 is 10.1 Å². The van der Waals surface area contributed by atoms with Crippen LogP contribution in [0.2, 0.25) is 0 Å². The Hall–Kier alpha value is -1.16. The lowest BCUT2D eigenvalue weighted by molar-refractivity contribution is 0.257. The molecule has 0 atom stereocenters. The van der Waals surface area contributed by atoms with Crippen LogP contribution in [0.25, 0.3) is 0 Å². The highest BCUT2D eigenvalue weighted by Crippen LogP contribution is 2.17. The predicted molar refractivity (Wildman–Crippen MR) is 71.1 cm³/mol. The number of rotatable bonds is 7. The van der Waals surface area contributed by atoms with Crippen LogP contribution in [0, 0.1) is 17.7 Å². The van der Waals surface area contributed by atoms with Crippen LogP contribution in [0.3, 0.4) is 0 Å². The number of hydrogen-bond acceptors (Lipinski definition) is 3. The molecule has 0 saturated heterocycles. The van der Waals surface area contributed by atoms with Gasteiger partial charge in [-0.05, 0) is 24.4 Å². The predicted octanol–water partition coefficient (Wildman–Crippen LogP) is 3.00. The summed E-state index contributed by atoms with van der Waals surface area (Å²) in [5, 5.41) is 3.27. The average Bonchev–Trinajstić information content (AvgIpc) is 2.27. The Balaban J connectivity index is 2.64. The maximum Gasteiger partial charge on any atom is 0.218 e. The van der Waals surface area contributed by atoms with Crippen molar-refractivity contribution in [3.05, 3.63) is 23.6 Å². The molecule has 3 nitrogen and oxygen atoms in total. The maximum atomic E-state index is 13.2. The highest BCUT2D eigenvalue weighted by Gasteiger charge is 2.08. The number of aromatic nitrogens is 1. The Kier molecular flexibility index (Phi) is 6.05. The molecule has 0 saturated carbocycles. The van der Waals surface area contributed by atoms with E-state index in [9.17, 15) is 4.39 Å². The quantitative estimate of drug-likeness (QED) is 0.812. The molecule has 1 heterocycles. The lowest BCUT2D eigenvalue weighted by Gasteiger charge is -2.13. The highest BCUT2D eigenvalue weighted by molar-refractivity contribution is 5.26. The molecular weight excluding hydrogens is 231 g/mol. The second-order valence-electron chi connectivity index (χ2n) is 5.35. The fourth-order valence-electron chi connectivity index (χ4n) is 1.47. The van der Waals surface area contributed by atoms with Gasteiger partial charge >= 0.3 is 0 Å². The molecule has 0 aliphatic carbocycles. The van der Waals surface area contributed by atoms with Gasteiger partial charge in [-0.25, -0.2) is 9.37 Å². The number of ether oxygens (including phenoxy) is 1. The van der Waals surface area contributed by atoms with E-state index < -0.39 is 0 Å². The van der Waals surface area contributed by atoms with Crippen molar-refractivity contribution < 1.29 is 9.13 Å². The van der Waals surface area contributed by atoms with E-state index in [1.165, 1.54) is 12.3 Å². The molecule has 0 aliphatic heterocycles. The van der Waals surface area contributed by atoms with E-state index in [4.69, 9.17) is 4.74 Å². The molecule has 0 amide bonds. The van der Waals surface area contributed by atoms with E-state index in [0.29, 0.717) is 30.9 Å². The molecule has 0 radical (unpaired) electrons. The summed E-state index contributed by atoms with van der Waals surface area (Å²) in [6.45, 7) is 10.5. The summed E-state index contributed by atoms with van der Waals surface area (Å²) in [6.07, 6.45) is 1.20. The largest absolute Gasteiger partial charge is 0.477 e. The molecule has 102 valence electrons. The van der Waals surface area contributed by atoms with Gasteiger partial charge in [-0.1, -0.05) is 27.7 Å². The molecule has 0 aliphatic rings. The summed E-state index contributed by atoms with van der Waals surface area (Å²) in [5.41, 5.74) is 0.774. The Morgan fingerprint density at radius 2 is 2.00 bits per heavy atom. The Bertz CT molecular complexity index is 367. The third-order valence-electron chi connectivity index (χ3n) is 2.31. The first kappa shape index (κ1) is 14.9. The van der Waals surface area contributed by atoms with Crippen LogP contribution in [-0.2, 0) is 6.54 Å². The smallest absolute Gasteiger partial charge is 0.218 e. The zero-order valence-corrected chi connectivity index (χ0v) is 11.7. The maximum absolute atomic E-state index is 13.2. The average molecular weight is 254 g/mol. The second-order valence-corrected chi connectivity index (χ2v) is 5.35. The number of pyridine rings is 1. The SMILES string of the molecule is CC(C)CNCc1cc(F)cnc1OCC(C)C. The number of nitrogens with zero attached hydrogens (tertiary/aromatic N) is 1. The van der Waals surface area contributed by atoms with Crippen LogP contribution in [0.15, 0.2) is 12.3 Å². The van der Waals surface area contributed by atoms with Gasteiger partial charge < -0.3 is 10.1 Å². The lowest BCUT2D eigenvalue weighted by atomic mass is 10.2. The van der Waals surface area contributed by atoms with Gasteiger partial charge in [0, 0.05) is 12.1 Å². The first-order valence-corrected chi connectivity index (χ1v) is 6.47. The van der Waals surface area contributed by atoms with Gasteiger partial charge in [0.15, 0.2) is 0 Å². The lowest BCUT2D eigenvalue weighted by Crippen LogP contribution is -2.20. The van der Waals surface area contributed by atoms with Crippen molar-refractivity contribution in [1.29, 1.82) is 0 Å². The van der Waals surface area contributed by atoms with Crippen LogP contribution >= 0.6 is 0 Å². The minimum Gasteiger partial charge on any atom is -0.477 e. The standard InChI is InChI=1S/C14H23FN2O/c1-10(2)6-16-7-12-5-13(15)8-17-14(12)18-9-11(3)4/h5,8,10-11,16H,6-7,9H2,1-4H3. The van der Waals surface area contributed by atoms with E-state index in [-0.39, 0.29) is 5.82 Å². The topological polar surface area (TPSA) is 34.2 Å². The van der Waals surface area contributed by atoms with Gasteiger partial charge in [-0.15, -0.1) is 0 Å². The van der Waals surface area contributed by atoms with Gasteiger partial charge in [-0.3, -0.25) is 0 Å². The van der Waals surface area contributed by atoms with Crippen LogP contribution in [0.4, 0.5) is 4.39 Å². The molecule has 0 unspecified atom stereocenters. The Morgan fingerprint density at radius 3 is 2.61 bits per heavy atom. The minimum absolute atomic E-state index is 0.326. The fourth-order valence-corrected chi connectivity index (χ4v) is 1.47. The van der Waals surface area contributed by atoms with Crippen molar-refractivity contribution in [2.24, 2.45) is 11.8 Å². The van der Waals surface area contributed by atoms with E-state index in [2.05, 4.69) is 38.0 Å². The van der Waals surface area contributed by atoms with Crippen LogP contribution in [0.1, 0.15) is 33.3 Å². The zero-order chi connectivity index (χ0) is 13.5. The van der Waals surface area contributed by atoms with Gasteiger partial charge in [0.05, 0.1) is 12.8 Å². The van der Waals surface area contributed by atoms with E-state index in [1.54, 1.807) is 0 Å². The van der Waals surface area contributed by atoms with Crippen molar-refractivity contribution in [2.45, 2.75) is 34.2 Å². The van der Waals surface area contributed by atoms with Crippen molar-refractivity contribution in [1.82, 2.24) is 10.3 Å². The molecule has 0 fully saturated rings. The van der Waals surface area contributed by atoms with Gasteiger partial charge in [-0.2, -0.15) is 0 Å². The summed E-state index contributed by atoms with van der Waals surface area (Å²) in [6, 6.07) is 1.48. The molecule has 1 aromatic rings. The van der Waals surface area contributed by atoms with Crippen molar-refractivity contribution >= 4 is 0 Å². The Morgan fingerprint density at radius 1 is 1.28 bits per heavy atom. The van der Waals surface area contributed by atoms with Crippen LogP contribution in [0.5, 0.6) is 5.88 Å². The van der Waals surface area contributed by atoms with Gasteiger partial charge in [0.1, 0.15) is 5.82 Å². The fraction of sp³-hybridized carbons (Fsp3) is 0.643. The van der Waals surface area contributed by atoms with Crippen molar-refractivity contribution in [3.63, 3.8) is 0 Å². The number of halogens is 1. The number of nitrogens with one attached hydrogen (secondary N) is 1. The normalized spacial score (nSPS) is 11.3. The number of hydrogen-bond donors (Lipinski definition) is 1. The van der Waals surface area contributed by atoms with E-state index in [0.717, 1.165) is 12.1 Å². The monoisotopic (exact) mass is 254 g/mol. The molecule has 18 heavy (non-hydrogen) atoms. The zero-order valence-electron chi connectivity index (χ0n) is 11.7. The van der Waals surface area contributed by atoms with Crippen molar-refractivity contribution in [2.75, 3.05) is 13.2 Å². The second kappa shape index (κ2) is 7.31. The summed E-state index contributed by atoms with van der Waals surface area (Å²) in [5.74, 6) is 1.19. The first-order chi connectivity index (χ1) is 8.49.